The maximum absolute atomic E-state index is 12.6. The molecule has 5 unspecified atom stereocenters. The Labute approximate surface area is 137 Å². The van der Waals surface area contributed by atoms with Crippen LogP contribution in [0.2, 0.25) is 0 Å². The van der Waals surface area contributed by atoms with Crippen molar-refractivity contribution in [2.24, 2.45) is 17.8 Å². The van der Waals surface area contributed by atoms with Gasteiger partial charge in [0, 0.05) is 16.6 Å². The van der Waals surface area contributed by atoms with Gasteiger partial charge in [0.15, 0.2) is 0 Å². The van der Waals surface area contributed by atoms with E-state index in [4.69, 9.17) is 0 Å². The minimum Gasteiger partial charge on any atom is -0.277 e. The SMILES string of the molecule is O=c1sc2c3c4c(cccc14)C=CC3C1C3CCC(C3)C1S2. The second-order valence-electron chi connectivity index (χ2n) is 7.24. The summed E-state index contributed by atoms with van der Waals surface area (Å²) in [6, 6.07) is 6.21. The zero-order chi connectivity index (χ0) is 14.4. The van der Waals surface area contributed by atoms with Crippen LogP contribution in [0.1, 0.15) is 36.3 Å². The van der Waals surface area contributed by atoms with Crippen molar-refractivity contribution in [3.05, 3.63) is 44.9 Å². The molecule has 1 aromatic heterocycles. The van der Waals surface area contributed by atoms with Crippen LogP contribution in [-0.2, 0) is 0 Å². The average Bonchev–Trinajstić information content (AvgIpc) is 3.15. The third-order valence-electron chi connectivity index (χ3n) is 6.37. The molecule has 2 aromatic rings. The van der Waals surface area contributed by atoms with Crippen molar-refractivity contribution in [2.45, 2.75) is 34.6 Å². The van der Waals surface area contributed by atoms with Crippen molar-refractivity contribution >= 4 is 39.9 Å². The number of rotatable bonds is 0. The molecule has 2 saturated carbocycles. The van der Waals surface area contributed by atoms with Crippen molar-refractivity contribution in [2.75, 3.05) is 0 Å². The van der Waals surface area contributed by atoms with Crippen LogP contribution in [-0.4, -0.2) is 5.25 Å². The molecule has 1 aliphatic heterocycles. The van der Waals surface area contributed by atoms with Crippen molar-refractivity contribution in [1.29, 1.82) is 0 Å². The van der Waals surface area contributed by atoms with Gasteiger partial charge in [0.05, 0.1) is 4.21 Å². The lowest BCUT2D eigenvalue weighted by atomic mass is 9.73. The highest BCUT2D eigenvalue weighted by Crippen LogP contribution is 2.64. The fourth-order valence-corrected chi connectivity index (χ4v) is 8.72. The first-order chi connectivity index (χ1) is 10.8. The molecule has 0 saturated heterocycles. The minimum absolute atomic E-state index is 0.249. The van der Waals surface area contributed by atoms with E-state index in [0.29, 0.717) is 5.92 Å². The van der Waals surface area contributed by atoms with Crippen LogP contribution < -0.4 is 4.74 Å². The quantitative estimate of drug-likeness (QED) is 0.686. The maximum atomic E-state index is 12.6. The van der Waals surface area contributed by atoms with Gasteiger partial charge in [-0.3, -0.25) is 4.79 Å². The number of hydrogen-bond donors (Lipinski definition) is 0. The molecule has 3 heteroatoms. The summed E-state index contributed by atoms with van der Waals surface area (Å²) in [5.41, 5.74) is 2.74. The van der Waals surface area contributed by atoms with E-state index in [1.54, 1.807) is 0 Å². The van der Waals surface area contributed by atoms with Crippen molar-refractivity contribution in [3.63, 3.8) is 0 Å². The standard InChI is InChI=1S/C19H16OS2/c20-18-13-3-1-2-9-6-7-12-15-10-4-5-11(8-10)17(15)21-19(22-18)16(12)14(9)13/h1-3,6-7,10-12,15,17H,4-5,8H2. The molecule has 0 radical (unpaired) electrons. The largest absolute Gasteiger partial charge is 0.277 e. The zero-order valence-electron chi connectivity index (χ0n) is 12.1. The molecule has 5 atom stereocenters. The fourth-order valence-electron chi connectivity index (χ4n) is 5.57. The van der Waals surface area contributed by atoms with E-state index in [0.717, 1.165) is 28.4 Å². The molecule has 22 heavy (non-hydrogen) atoms. The van der Waals surface area contributed by atoms with Gasteiger partial charge in [-0.05, 0) is 59.6 Å². The van der Waals surface area contributed by atoms with E-state index >= 15 is 0 Å². The van der Waals surface area contributed by atoms with Gasteiger partial charge >= 0.3 is 0 Å². The van der Waals surface area contributed by atoms with Crippen LogP contribution >= 0.6 is 23.1 Å². The number of hydrogen-bond acceptors (Lipinski definition) is 3. The summed E-state index contributed by atoms with van der Waals surface area (Å²) in [5.74, 6) is 3.19. The number of fused-ring (bicyclic) bond motifs is 6. The van der Waals surface area contributed by atoms with Crippen molar-refractivity contribution in [3.8, 4) is 0 Å². The number of allylic oxidation sites excluding steroid dienone is 1. The maximum Gasteiger partial charge on any atom is 0.241 e. The van der Waals surface area contributed by atoms with Gasteiger partial charge in [0.2, 0.25) is 4.74 Å². The monoisotopic (exact) mass is 324 g/mol. The van der Waals surface area contributed by atoms with Gasteiger partial charge < -0.3 is 0 Å². The Morgan fingerprint density at radius 3 is 3.00 bits per heavy atom. The van der Waals surface area contributed by atoms with E-state index in [2.05, 4.69) is 30.0 Å². The molecule has 1 aromatic carbocycles. The summed E-state index contributed by atoms with van der Waals surface area (Å²) < 4.78 is 1.58. The first-order valence-electron chi connectivity index (χ1n) is 8.26. The van der Waals surface area contributed by atoms with Crippen LogP contribution in [0.3, 0.4) is 0 Å². The van der Waals surface area contributed by atoms with Gasteiger partial charge in [-0.25, -0.2) is 0 Å². The Kier molecular flexibility index (Phi) is 2.29. The highest BCUT2D eigenvalue weighted by atomic mass is 32.2. The Morgan fingerprint density at radius 1 is 1.14 bits per heavy atom. The molecule has 1 nitrogen and oxygen atoms in total. The summed E-state index contributed by atoms with van der Waals surface area (Å²) in [5, 5.41) is 2.97. The lowest BCUT2D eigenvalue weighted by Gasteiger charge is -2.41. The fraction of sp³-hybridized carbons (Fsp3) is 0.421. The topological polar surface area (TPSA) is 17.1 Å². The van der Waals surface area contributed by atoms with Crippen LogP contribution in [0, 0.1) is 17.8 Å². The number of benzene rings is 1. The van der Waals surface area contributed by atoms with E-state index in [9.17, 15) is 4.79 Å². The molecule has 3 aliphatic carbocycles. The van der Waals surface area contributed by atoms with Crippen LogP contribution in [0.5, 0.6) is 0 Å². The molecule has 0 N–H and O–H groups in total. The normalized spacial score (nSPS) is 36.8. The summed E-state index contributed by atoms with van der Waals surface area (Å²) >= 11 is 3.56. The van der Waals surface area contributed by atoms with Crippen LogP contribution in [0.4, 0.5) is 0 Å². The zero-order valence-corrected chi connectivity index (χ0v) is 13.8. The molecule has 2 bridgehead atoms. The first kappa shape index (κ1) is 12.4. The molecule has 110 valence electrons. The van der Waals surface area contributed by atoms with E-state index < -0.39 is 0 Å². The Hall–Kier alpha value is -1.06. The molecule has 0 spiro atoms. The lowest BCUT2D eigenvalue weighted by molar-refractivity contribution is 0.312. The third kappa shape index (κ3) is 1.36. The second-order valence-corrected chi connectivity index (χ2v) is 9.67. The average molecular weight is 324 g/mol. The summed E-state index contributed by atoms with van der Waals surface area (Å²) in [6.07, 6.45) is 9.02. The predicted molar refractivity (Wildman–Crippen MR) is 93.8 cm³/mol. The molecule has 2 heterocycles. The number of thioether (sulfide) groups is 1. The smallest absolute Gasteiger partial charge is 0.241 e. The van der Waals surface area contributed by atoms with Gasteiger partial charge in [-0.15, -0.1) is 11.8 Å². The summed E-state index contributed by atoms with van der Waals surface area (Å²) in [4.78, 5) is 12.6. The van der Waals surface area contributed by atoms with Gasteiger partial charge in [-0.2, -0.15) is 0 Å². The summed E-state index contributed by atoms with van der Waals surface area (Å²) in [6.45, 7) is 0. The minimum atomic E-state index is 0.249. The van der Waals surface area contributed by atoms with Gasteiger partial charge in [0.25, 0.3) is 0 Å². The van der Waals surface area contributed by atoms with Gasteiger partial charge in [-0.1, -0.05) is 35.6 Å². The van der Waals surface area contributed by atoms with Gasteiger partial charge in [0.1, 0.15) is 0 Å². The molecular formula is C19H16OS2. The van der Waals surface area contributed by atoms with E-state index in [1.165, 1.54) is 51.3 Å². The van der Waals surface area contributed by atoms with Crippen LogP contribution in [0.25, 0.3) is 16.8 Å². The molecule has 2 fully saturated rings. The van der Waals surface area contributed by atoms with Crippen molar-refractivity contribution in [1.82, 2.24) is 0 Å². The Bertz CT molecular complexity index is 910. The highest BCUT2D eigenvalue weighted by molar-refractivity contribution is 8.01. The summed E-state index contributed by atoms with van der Waals surface area (Å²) in [7, 11) is 0. The Morgan fingerprint density at radius 2 is 2.05 bits per heavy atom. The van der Waals surface area contributed by atoms with Crippen LogP contribution in [0.15, 0.2) is 33.3 Å². The highest BCUT2D eigenvalue weighted by Gasteiger charge is 2.54. The lowest BCUT2D eigenvalue weighted by Crippen LogP contribution is -2.33. The molecule has 6 rings (SSSR count). The third-order valence-corrected chi connectivity index (χ3v) is 9.12. The van der Waals surface area contributed by atoms with Crippen molar-refractivity contribution < 1.29 is 0 Å². The second kappa shape index (κ2) is 4.07. The predicted octanol–water partition coefficient (Wildman–Crippen LogP) is 4.89. The molecule has 4 aliphatic rings. The molecule has 0 amide bonds. The Balaban J connectivity index is 1.71. The molecular weight excluding hydrogens is 308 g/mol. The van der Waals surface area contributed by atoms with E-state index in [-0.39, 0.29) is 4.74 Å². The van der Waals surface area contributed by atoms with E-state index in [1.807, 2.05) is 12.1 Å². The first-order valence-corrected chi connectivity index (χ1v) is 9.95.